The lowest BCUT2D eigenvalue weighted by Gasteiger charge is -2.46. The zero-order valence-corrected chi connectivity index (χ0v) is 20.1. The second-order valence-electron chi connectivity index (χ2n) is 8.63. The second-order valence-corrected chi connectivity index (χ2v) is 11.1. The van der Waals surface area contributed by atoms with Crippen LogP contribution in [0.2, 0.25) is 0 Å². The fourth-order valence-corrected chi connectivity index (χ4v) is 6.59. The molecule has 3 heterocycles. The van der Waals surface area contributed by atoms with E-state index in [4.69, 9.17) is 4.74 Å². The van der Waals surface area contributed by atoms with Gasteiger partial charge in [0.25, 0.3) is 10.0 Å². The highest BCUT2D eigenvalue weighted by atomic mass is 32.2. The summed E-state index contributed by atoms with van der Waals surface area (Å²) in [6.07, 6.45) is -2.37. The van der Waals surface area contributed by atoms with E-state index in [0.717, 1.165) is 22.7 Å². The molecule has 1 N–H and O–H groups in total. The molecule has 1 aromatic heterocycles. The maximum Gasteiger partial charge on any atom is 0.391 e. The number of alkyl halides is 3. The van der Waals surface area contributed by atoms with E-state index in [1.807, 2.05) is 30.3 Å². The number of rotatable bonds is 5. The summed E-state index contributed by atoms with van der Waals surface area (Å²) in [6, 6.07) is 13.3. The van der Waals surface area contributed by atoms with Crippen LogP contribution in [0, 0.1) is 5.92 Å². The molecule has 1 fully saturated rings. The smallest absolute Gasteiger partial charge is 0.391 e. The van der Waals surface area contributed by atoms with Gasteiger partial charge in [-0.1, -0.05) is 36.4 Å². The third kappa shape index (κ3) is 5.00. The van der Waals surface area contributed by atoms with E-state index in [2.05, 4.69) is 19.0 Å². The topological polar surface area (TPSA) is 84.4 Å². The lowest BCUT2D eigenvalue weighted by molar-refractivity contribution is -0.192. The van der Waals surface area contributed by atoms with E-state index in [1.54, 1.807) is 6.07 Å². The Morgan fingerprint density at radius 2 is 1.89 bits per heavy atom. The van der Waals surface area contributed by atoms with Crippen molar-refractivity contribution in [2.45, 2.75) is 42.4 Å². The van der Waals surface area contributed by atoms with Crippen molar-refractivity contribution in [1.29, 1.82) is 0 Å². The molecule has 2 aromatic carbocycles. The average Bonchev–Trinajstić information content (AvgIpc) is 3.35. The van der Waals surface area contributed by atoms with E-state index < -0.39 is 28.2 Å². The quantitative estimate of drug-likeness (QED) is 0.495. The van der Waals surface area contributed by atoms with E-state index in [1.165, 1.54) is 18.5 Å². The third-order valence-corrected chi connectivity index (χ3v) is 8.62. The Morgan fingerprint density at radius 3 is 2.60 bits per heavy atom. The minimum Gasteiger partial charge on any atom is -0.493 e. The highest BCUT2D eigenvalue weighted by Gasteiger charge is 2.46. The van der Waals surface area contributed by atoms with E-state index in [0.29, 0.717) is 18.8 Å². The minimum absolute atomic E-state index is 0.0154. The molecular formula is C23H23F3N4O3S2. The lowest BCUT2D eigenvalue weighted by atomic mass is 9.84. The average molecular weight is 525 g/mol. The first-order valence-electron chi connectivity index (χ1n) is 11.2. The predicted octanol–water partition coefficient (Wildman–Crippen LogP) is 5.18. The number of nitrogens with one attached hydrogen (secondary N) is 1. The molecular weight excluding hydrogens is 501 g/mol. The number of benzene rings is 2. The van der Waals surface area contributed by atoms with Gasteiger partial charge in [0.1, 0.15) is 12.1 Å². The number of halogens is 3. The number of anilines is 1. The summed E-state index contributed by atoms with van der Waals surface area (Å²) in [4.78, 5) is 5.98. The van der Waals surface area contributed by atoms with Gasteiger partial charge in [-0.05, 0) is 31.0 Å². The predicted molar refractivity (Wildman–Crippen MR) is 125 cm³/mol. The van der Waals surface area contributed by atoms with Gasteiger partial charge < -0.3 is 4.74 Å². The number of nitrogens with zero attached hydrogens (tertiary/aromatic N) is 3. The number of ether oxygens (including phenoxy) is 1. The van der Waals surface area contributed by atoms with Crippen LogP contribution in [0.15, 0.2) is 59.8 Å². The van der Waals surface area contributed by atoms with Crippen LogP contribution in [0.1, 0.15) is 42.5 Å². The summed E-state index contributed by atoms with van der Waals surface area (Å²) in [5, 5.41) is 0.153. The zero-order chi connectivity index (χ0) is 24.6. The molecule has 3 aromatic rings. The van der Waals surface area contributed by atoms with E-state index >= 15 is 0 Å². The van der Waals surface area contributed by atoms with Gasteiger partial charge in [-0.3, -0.25) is 9.62 Å². The van der Waals surface area contributed by atoms with Crippen LogP contribution in [0.3, 0.4) is 0 Å². The van der Waals surface area contributed by atoms with Crippen molar-refractivity contribution >= 4 is 26.7 Å². The fraction of sp³-hybridized carbons (Fsp3) is 0.391. The van der Waals surface area contributed by atoms with Crippen molar-refractivity contribution in [2.75, 3.05) is 17.9 Å². The van der Waals surface area contributed by atoms with Gasteiger partial charge in [0.05, 0.1) is 17.4 Å². The molecule has 186 valence electrons. The first kappa shape index (κ1) is 24.0. The van der Waals surface area contributed by atoms with Gasteiger partial charge in [-0.25, -0.2) is 13.4 Å². The Bertz CT molecular complexity index is 1270. The summed E-state index contributed by atoms with van der Waals surface area (Å²) < 4.78 is 78.4. The third-order valence-electron chi connectivity index (χ3n) is 6.58. The standard InChI is InChI=1S/C23H23F3N4O3S2/c24-23(25,26)16-8-10-30(20(12-16)15-4-2-1-3-5-15)19-9-11-33-21-13-17(6-7-18(19)21)35(31,32)29-22-27-14-28-34-22/h1-7,13-14,16,19-20H,8-12H2,(H,27,28,29)/t16-,19?,20+/m1/s1. The largest absolute Gasteiger partial charge is 0.493 e. The molecule has 0 amide bonds. The maximum atomic E-state index is 13.6. The molecule has 3 atom stereocenters. The van der Waals surface area contributed by atoms with Gasteiger partial charge in [-0.15, -0.1) is 0 Å². The zero-order valence-electron chi connectivity index (χ0n) is 18.5. The van der Waals surface area contributed by atoms with Crippen molar-refractivity contribution in [2.24, 2.45) is 5.92 Å². The number of aromatic nitrogens is 2. The summed E-state index contributed by atoms with van der Waals surface area (Å²) in [5.41, 5.74) is 1.62. The number of piperidine rings is 1. The van der Waals surface area contributed by atoms with Crippen molar-refractivity contribution in [3.05, 3.63) is 66.0 Å². The van der Waals surface area contributed by atoms with Crippen LogP contribution in [-0.2, 0) is 10.0 Å². The van der Waals surface area contributed by atoms with Crippen LogP contribution in [0.4, 0.5) is 18.3 Å². The molecule has 1 unspecified atom stereocenters. The number of hydrogen-bond donors (Lipinski definition) is 1. The van der Waals surface area contributed by atoms with Crippen molar-refractivity contribution in [1.82, 2.24) is 14.3 Å². The van der Waals surface area contributed by atoms with Gasteiger partial charge in [0.2, 0.25) is 5.13 Å². The molecule has 7 nitrogen and oxygen atoms in total. The number of sulfonamides is 1. The molecule has 0 bridgehead atoms. The lowest BCUT2D eigenvalue weighted by Crippen LogP contribution is -2.44. The van der Waals surface area contributed by atoms with Crippen LogP contribution in [-0.4, -0.2) is 42.0 Å². The van der Waals surface area contributed by atoms with Crippen molar-refractivity contribution in [3.8, 4) is 5.75 Å². The molecule has 2 aliphatic rings. The minimum atomic E-state index is -4.24. The SMILES string of the molecule is O=S(=O)(Nc1ncns1)c1ccc2c(c1)OCCC2N1CC[C@@H](C(F)(F)F)C[C@H]1c1ccccc1. The van der Waals surface area contributed by atoms with Crippen molar-refractivity contribution in [3.63, 3.8) is 0 Å². The highest BCUT2D eigenvalue weighted by Crippen LogP contribution is 2.48. The molecule has 35 heavy (non-hydrogen) atoms. The Hall–Kier alpha value is -2.70. The van der Waals surface area contributed by atoms with Gasteiger partial charge in [0, 0.05) is 41.7 Å². The Kier molecular flexibility index (Phi) is 6.45. The number of fused-ring (bicyclic) bond motifs is 1. The van der Waals surface area contributed by atoms with Gasteiger partial charge >= 0.3 is 6.18 Å². The monoisotopic (exact) mass is 524 g/mol. The molecule has 0 saturated carbocycles. The van der Waals surface area contributed by atoms with Crippen LogP contribution in [0.5, 0.6) is 5.75 Å². The second kappa shape index (κ2) is 9.40. The molecule has 0 spiro atoms. The normalized spacial score (nSPS) is 23.3. The van der Waals surface area contributed by atoms with Crippen LogP contribution < -0.4 is 9.46 Å². The molecule has 5 rings (SSSR count). The number of hydrogen-bond acceptors (Lipinski definition) is 7. The van der Waals surface area contributed by atoms with Gasteiger partial charge in [-0.2, -0.15) is 17.5 Å². The summed E-state index contributed by atoms with van der Waals surface area (Å²) >= 11 is 0.923. The Balaban J connectivity index is 1.46. The molecule has 2 aliphatic heterocycles. The molecule has 0 aliphatic carbocycles. The molecule has 1 saturated heterocycles. The van der Waals surface area contributed by atoms with E-state index in [-0.39, 0.29) is 35.5 Å². The fourth-order valence-electron chi connectivity index (χ4n) is 4.91. The molecule has 0 radical (unpaired) electrons. The van der Waals surface area contributed by atoms with Crippen LogP contribution >= 0.6 is 11.5 Å². The summed E-state index contributed by atoms with van der Waals surface area (Å²) in [7, 11) is -3.90. The maximum absolute atomic E-state index is 13.6. The highest BCUT2D eigenvalue weighted by molar-refractivity contribution is 7.93. The Morgan fingerprint density at radius 1 is 1.09 bits per heavy atom. The number of likely N-dealkylation sites (tertiary alicyclic amines) is 1. The van der Waals surface area contributed by atoms with Crippen LogP contribution in [0.25, 0.3) is 0 Å². The van der Waals surface area contributed by atoms with Crippen molar-refractivity contribution < 1.29 is 26.3 Å². The van der Waals surface area contributed by atoms with E-state index in [9.17, 15) is 21.6 Å². The first-order valence-corrected chi connectivity index (χ1v) is 13.4. The summed E-state index contributed by atoms with van der Waals surface area (Å²) in [6.45, 7) is 0.623. The summed E-state index contributed by atoms with van der Waals surface area (Å²) in [5.74, 6) is -0.937. The molecule has 12 heteroatoms. The van der Waals surface area contributed by atoms with Gasteiger partial charge in [0.15, 0.2) is 0 Å². The Labute approximate surface area is 205 Å². The first-order chi connectivity index (χ1) is 16.7.